The lowest BCUT2D eigenvalue weighted by Gasteiger charge is -2.29. The maximum absolute atomic E-state index is 13.9. The first-order chi connectivity index (χ1) is 19.1. The fourth-order valence-corrected chi connectivity index (χ4v) is 5.73. The van der Waals surface area contributed by atoms with Gasteiger partial charge in [0.05, 0.1) is 29.9 Å². The third-order valence-corrected chi connectivity index (χ3v) is 7.98. The van der Waals surface area contributed by atoms with E-state index in [9.17, 15) is 9.59 Å². The third-order valence-electron chi connectivity index (χ3n) is 7.02. The molecule has 8 heteroatoms. The summed E-state index contributed by atoms with van der Waals surface area (Å²) in [6, 6.07) is 26.0. The molecule has 1 amide bonds. The maximum atomic E-state index is 13.9. The molecule has 0 atom stereocenters. The van der Waals surface area contributed by atoms with Gasteiger partial charge in [-0.25, -0.2) is 4.98 Å². The smallest absolute Gasteiger partial charge is 0.262 e. The minimum atomic E-state index is -0.0716. The summed E-state index contributed by atoms with van der Waals surface area (Å²) in [6.07, 6.45) is 0.702. The van der Waals surface area contributed by atoms with Crippen molar-refractivity contribution in [3.05, 3.63) is 100 Å². The van der Waals surface area contributed by atoms with E-state index < -0.39 is 0 Å². The SMILES string of the molecule is CCN(Cc1ccccc1)C(=O)CSc1nc2ccc(N3CCOCC3)cc2c(=O)n1CCc1ccccc1. The zero-order chi connectivity index (χ0) is 27.0. The first-order valence-corrected chi connectivity index (χ1v) is 14.5. The lowest BCUT2D eigenvalue weighted by Crippen LogP contribution is -2.36. The van der Waals surface area contributed by atoms with Gasteiger partial charge in [-0.2, -0.15) is 0 Å². The van der Waals surface area contributed by atoms with Crippen molar-refractivity contribution in [2.75, 3.05) is 43.5 Å². The van der Waals surface area contributed by atoms with Crippen molar-refractivity contribution in [3.8, 4) is 0 Å². The summed E-state index contributed by atoms with van der Waals surface area (Å²) in [5.41, 5.74) is 3.84. The van der Waals surface area contributed by atoms with E-state index in [1.54, 1.807) is 4.57 Å². The molecule has 0 N–H and O–H groups in total. The van der Waals surface area contributed by atoms with Crippen molar-refractivity contribution < 1.29 is 9.53 Å². The van der Waals surface area contributed by atoms with E-state index in [2.05, 4.69) is 17.0 Å². The van der Waals surface area contributed by atoms with E-state index in [4.69, 9.17) is 9.72 Å². The van der Waals surface area contributed by atoms with Gasteiger partial charge in [0.25, 0.3) is 5.56 Å². The summed E-state index contributed by atoms with van der Waals surface area (Å²) in [7, 11) is 0. The molecule has 4 aromatic rings. The molecule has 0 spiro atoms. The molecule has 0 bridgehead atoms. The number of carbonyl (C=O) groups is 1. The summed E-state index contributed by atoms with van der Waals surface area (Å²) >= 11 is 1.34. The molecule has 39 heavy (non-hydrogen) atoms. The second kappa shape index (κ2) is 13.0. The zero-order valence-electron chi connectivity index (χ0n) is 22.3. The highest BCUT2D eigenvalue weighted by atomic mass is 32.2. The van der Waals surface area contributed by atoms with Crippen LogP contribution >= 0.6 is 11.8 Å². The molecule has 0 unspecified atom stereocenters. The maximum Gasteiger partial charge on any atom is 0.262 e. The van der Waals surface area contributed by atoms with Crippen LogP contribution in [0.3, 0.4) is 0 Å². The largest absolute Gasteiger partial charge is 0.378 e. The average molecular weight is 543 g/mol. The number of anilines is 1. The number of nitrogens with zero attached hydrogens (tertiary/aromatic N) is 4. The van der Waals surface area contributed by atoms with Crippen molar-refractivity contribution in [2.45, 2.75) is 31.6 Å². The predicted octanol–water partition coefficient (Wildman–Crippen LogP) is 4.62. The molecule has 1 saturated heterocycles. The van der Waals surface area contributed by atoms with E-state index >= 15 is 0 Å². The number of ether oxygens (including phenoxy) is 1. The molecule has 1 fully saturated rings. The van der Waals surface area contributed by atoms with Gasteiger partial charge in [0.15, 0.2) is 5.16 Å². The fourth-order valence-electron chi connectivity index (χ4n) is 4.80. The Balaban J connectivity index is 1.41. The minimum absolute atomic E-state index is 0.0259. The van der Waals surface area contributed by atoms with Gasteiger partial charge < -0.3 is 14.5 Å². The number of thioether (sulfide) groups is 1. The standard InChI is InChI=1S/C31H34N4O3S/c1-2-33(22-25-11-7-4-8-12-25)29(36)23-39-31-32-28-14-13-26(34-17-19-38-20-18-34)21-27(28)30(37)35(31)16-15-24-9-5-3-6-10-24/h3-14,21H,2,15-20,22-23H2,1H3. The van der Waals surface area contributed by atoms with Crippen LogP contribution < -0.4 is 10.5 Å². The van der Waals surface area contributed by atoms with E-state index in [1.807, 2.05) is 78.6 Å². The number of aromatic nitrogens is 2. The second-order valence-electron chi connectivity index (χ2n) is 9.57. The van der Waals surface area contributed by atoms with Crippen molar-refractivity contribution in [3.63, 3.8) is 0 Å². The lowest BCUT2D eigenvalue weighted by atomic mass is 10.1. The van der Waals surface area contributed by atoms with Gasteiger partial charge in [-0.05, 0) is 42.7 Å². The van der Waals surface area contributed by atoms with Gasteiger partial charge in [0.2, 0.25) is 5.91 Å². The normalized spacial score (nSPS) is 13.5. The van der Waals surface area contributed by atoms with Crippen LogP contribution in [0.4, 0.5) is 5.69 Å². The van der Waals surface area contributed by atoms with Gasteiger partial charge in [-0.1, -0.05) is 72.4 Å². The molecule has 1 aliphatic heterocycles. The van der Waals surface area contributed by atoms with Crippen molar-refractivity contribution in [1.29, 1.82) is 0 Å². The Morgan fingerprint density at radius 3 is 2.36 bits per heavy atom. The van der Waals surface area contributed by atoms with Gasteiger partial charge in [-0.3, -0.25) is 14.2 Å². The van der Waals surface area contributed by atoms with Crippen molar-refractivity contribution in [1.82, 2.24) is 14.5 Å². The Labute approximate surface area is 233 Å². The number of hydrogen-bond donors (Lipinski definition) is 0. The first kappa shape index (κ1) is 27.0. The van der Waals surface area contributed by atoms with Crippen LogP contribution in [0, 0.1) is 0 Å². The monoisotopic (exact) mass is 542 g/mol. The number of morpholine rings is 1. The Bertz CT molecular complexity index is 1450. The molecule has 0 aliphatic carbocycles. The highest BCUT2D eigenvalue weighted by Crippen LogP contribution is 2.24. The Morgan fingerprint density at radius 2 is 1.67 bits per heavy atom. The Kier molecular flexibility index (Phi) is 8.96. The van der Waals surface area contributed by atoms with Crippen LogP contribution in [0.15, 0.2) is 88.8 Å². The summed E-state index contributed by atoms with van der Waals surface area (Å²) < 4.78 is 7.23. The van der Waals surface area contributed by atoms with Crippen LogP contribution in [0.25, 0.3) is 10.9 Å². The molecular weight excluding hydrogens is 508 g/mol. The molecule has 2 heterocycles. The van der Waals surface area contributed by atoms with E-state index in [1.165, 1.54) is 11.8 Å². The van der Waals surface area contributed by atoms with E-state index in [0.717, 1.165) is 29.9 Å². The Hall–Kier alpha value is -3.62. The van der Waals surface area contributed by atoms with Crippen LogP contribution in [0.1, 0.15) is 18.1 Å². The summed E-state index contributed by atoms with van der Waals surface area (Å²) in [5.74, 6) is 0.244. The van der Waals surface area contributed by atoms with Gasteiger partial charge >= 0.3 is 0 Å². The van der Waals surface area contributed by atoms with Gasteiger partial charge in [0, 0.05) is 38.4 Å². The third kappa shape index (κ3) is 6.69. The number of rotatable bonds is 10. The summed E-state index contributed by atoms with van der Waals surface area (Å²) in [4.78, 5) is 36.0. The number of aryl methyl sites for hydroxylation is 1. The van der Waals surface area contributed by atoms with E-state index in [0.29, 0.717) is 55.3 Å². The summed E-state index contributed by atoms with van der Waals surface area (Å²) in [6.45, 7) is 6.62. The first-order valence-electron chi connectivity index (χ1n) is 13.5. The number of carbonyl (C=O) groups excluding carboxylic acids is 1. The number of hydrogen-bond acceptors (Lipinski definition) is 6. The number of benzene rings is 3. The molecule has 3 aromatic carbocycles. The van der Waals surface area contributed by atoms with Crippen molar-refractivity contribution >= 4 is 34.3 Å². The molecule has 1 aromatic heterocycles. The van der Waals surface area contributed by atoms with Crippen LogP contribution in [-0.2, 0) is 29.0 Å². The molecule has 202 valence electrons. The number of amides is 1. The molecule has 5 rings (SSSR count). The predicted molar refractivity (Wildman–Crippen MR) is 157 cm³/mol. The highest BCUT2D eigenvalue weighted by Gasteiger charge is 2.18. The zero-order valence-corrected chi connectivity index (χ0v) is 23.1. The van der Waals surface area contributed by atoms with E-state index in [-0.39, 0.29) is 17.2 Å². The molecule has 7 nitrogen and oxygen atoms in total. The lowest BCUT2D eigenvalue weighted by molar-refractivity contribution is -0.128. The van der Waals surface area contributed by atoms with Crippen LogP contribution in [-0.4, -0.2) is 59.0 Å². The van der Waals surface area contributed by atoms with Crippen LogP contribution in [0.2, 0.25) is 0 Å². The second-order valence-corrected chi connectivity index (χ2v) is 10.5. The van der Waals surface area contributed by atoms with Gasteiger partial charge in [-0.15, -0.1) is 0 Å². The van der Waals surface area contributed by atoms with Crippen molar-refractivity contribution in [2.24, 2.45) is 0 Å². The molecule has 1 aliphatic rings. The van der Waals surface area contributed by atoms with Gasteiger partial charge in [0.1, 0.15) is 0 Å². The minimum Gasteiger partial charge on any atom is -0.378 e. The quantitative estimate of drug-likeness (QED) is 0.215. The molecular formula is C31H34N4O3S. The highest BCUT2D eigenvalue weighted by molar-refractivity contribution is 7.99. The average Bonchev–Trinajstić information content (AvgIpc) is 2.99. The fraction of sp³-hybridized carbons (Fsp3) is 0.323. The Morgan fingerprint density at radius 1 is 0.974 bits per heavy atom. The van der Waals surface area contributed by atoms with Crippen LogP contribution in [0.5, 0.6) is 0 Å². The topological polar surface area (TPSA) is 67.7 Å². The number of fused-ring (bicyclic) bond motifs is 1. The summed E-state index contributed by atoms with van der Waals surface area (Å²) in [5, 5.41) is 1.17. The molecule has 0 saturated carbocycles. The molecule has 0 radical (unpaired) electrons.